The van der Waals surface area contributed by atoms with E-state index in [4.69, 9.17) is 0 Å². The summed E-state index contributed by atoms with van der Waals surface area (Å²) in [5.41, 5.74) is 2.20. The SMILES string of the molecule is O=C(NCC1CCC(Br)C1)c1ccc2nccnc2c1. The van der Waals surface area contributed by atoms with Crippen molar-refractivity contribution in [2.45, 2.75) is 24.1 Å². The third-order valence-electron chi connectivity index (χ3n) is 3.76. The van der Waals surface area contributed by atoms with E-state index in [-0.39, 0.29) is 5.91 Å². The summed E-state index contributed by atoms with van der Waals surface area (Å²) in [4.78, 5) is 21.2. The van der Waals surface area contributed by atoms with Gasteiger partial charge < -0.3 is 5.32 Å². The number of amides is 1. The zero-order chi connectivity index (χ0) is 13.9. The first-order valence-electron chi connectivity index (χ1n) is 6.85. The van der Waals surface area contributed by atoms with Crippen molar-refractivity contribution in [1.82, 2.24) is 15.3 Å². The summed E-state index contributed by atoms with van der Waals surface area (Å²) < 4.78 is 0. The van der Waals surface area contributed by atoms with E-state index in [9.17, 15) is 4.79 Å². The second-order valence-corrected chi connectivity index (χ2v) is 6.54. The lowest BCUT2D eigenvalue weighted by Gasteiger charge is -2.11. The van der Waals surface area contributed by atoms with Gasteiger partial charge in [-0.3, -0.25) is 14.8 Å². The van der Waals surface area contributed by atoms with Crippen molar-refractivity contribution in [3.05, 3.63) is 36.2 Å². The number of nitrogens with one attached hydrogen (secondary N) is 1. The molecule has 3 rings (SSSR count). The Bertz CT molecular complexity index is 631. The molecule has 1 aromatic heterocycles. The molecule has 1 N–H and O–H groups in total. The highest BCUT2D eigenvalue weighted by Gasteiger charge is 2.22. The molecule has 1 aromatic carbocycles. The Morgan fingerprint density at radius 1 is 1.25 bits per heavy atom. The fraction of sp³-hybridized carbons (Fsp3) is 0.400. The number of halogens is 1. The Hall–Kier alpha value is -1.49. The molecular formula is C15H16BrN3O. The molecule has 1 saturated carbocycles. The number of carbonyl (C=O) groups is 1. The van der Waals surface area contributed by atoms with E-state index >= 15 is 0 Å². The molecule has 0 radical (unpaired) electrons. The highest BCUT2D eigenvalue weighted by atomic mass is 79.9. The molecule has 1 aliphatic rings. The van der Waals surface area contributed by atoms with Crippen LogP contribution in [0.5, 0.6) is 0 Å². The van der Waals surface area contributed by atoms with Crippen molar-refractivity contribution < 1.29 is 4.79 Å². The Morgan fingerprint density at radius 2 is 2.05 bits per heavy atom. The minimum atomic E-state index is -0.0319. The third kappa shape index (κ3) is 2.98. The first kappa shape index (κ1) is 13.5. The number of nitrogens with zero attached hydrogens (tertiary/aromatic N) is 2. The van der Waals surface area contributed by atoms with E-state index in [0.29, 0.717) is 16.3 Å². The predicted octanol–water partition coefficient (Wildman–Crippen LogP) is 2.92. The lowest BCUT2D eigenvalue weighted by atomic mass is 10.1. The van der Waals surface area contributed by atoms with E-state index in [1.165, 1.54) is 12.8 Å². The predicted molar refractivity (Wildman–Crippen MR) is 81.9 cm³/mol. The van der Waals surface area contributed by atoms with Gasteiger partial charge in [0.1, 0.15) is 0 Å². The molecular weight excluding hydrogens is 318 g/mol. The van der Waals surface area contributed by atoms with E-state index in [1.54, 1.807) is 24.5 Å². The molecule has 1 amide bonds. The third-order valence-corrected chi connectivity index (χ3v) is 4.59. The molecule has 2 aromatic rings. The summed E-state index contributed by atoms with van der Waals surface area (Å²) >= 11 is 3.63. The molecule has 20 heavy (non-hydrogen) atoms. The number of aromatic nitrogens is 2. The van der Waals surface area contributed by atoms with E-state index in [2.05, 4.69) is 31.2 Å². The molecule has 0 saturated heterocycles. The Morgan fingerprint density at radius 3 is 2.80 bits per heavy atom. The average Bonchev–Trinajstić information content (AvgIpc) is 2.90. The monoisotopic (exact) mass is 333 g/mol. The fourth-order valence-corrected chi connectivity index (χ4v) is 3.44. The molecule has 4 nitrogen and oxygen atoms in total. The lowest BCUT2D eigenvalue weighted by molar-refractivity contribution is 0.0947. The number of rotatable bonds is 3. The van der Waals surface area contributed by atoms with Gasteiger partial charge in [0.05, 0.1) is 11.0 Å². The van der Waals surface area contributed by atoms with Crippen LogP contribution in [0.15, 0.2) is 30.6 Å². The van der Waals surface area contributed by atoms with Gasteiger partial charge in [-0.25, -0.2) is 0 Å². The first-order valence-corrected chi connectivity index (χ1v) is 7.77. The quantitative estimate of drug-likeness (QED) is 0.878. The van der Waals surface area contributed by atoms with Crippen LogP contribution >= 0.6 is 15.9 Å². The molecule has 0 aliphatic heterocycles. The summed E-state index contributed by atoms with van der Waals surface area (Å²) in [6.45, 7) is 0.749. The van der Waals surface area contributed by atoms with Gasteiger partial charge in [0.15, 0.2) is 0 Å². The summed E-state index contributed by atoms with van der Waals surface area (Å²) in [6.07, 6.45) is 6.81. The van der Waals surface area contributed by atoms with Gasteiger partial charge >= 0.3 is 0 Å². The van der Waals surface area contributed by atoms with E-state index < -0.39 is 0 Å². The lowest BCUT2D eigenvalue weighted by Crippen LogP contribution is -2.28. The van der Waals surface area contributed by atoms with E-state index in [1.807, 2.05) is 6.07 Å². The minimum Gasteiger partial charge on any atom is -0.352 e. The Kier molecular flexibility index (Phi) is 3.96. The number of hydrogen-bond acceptors (Lipinski definition) is 3. The molecule has 104 valence electrons. The van der Waals surface area contributed by atoms with Crippen LogP contribution in [-0.4, -0.2) is 27.2 Å². The minimum absolute atomic E-state index is 0.0319. The smallest absolute Gasteiger partial charge is 0.251 e. The Labute approximate surface area is 126 Å². The summed E-state index contributed by atoms with van der Waals surface area (Å²) in [5, 5.41) is 3.02. The van der Waals surface area contributed by atoms with Gasteiger partial charge in [-0.15, -0.1) is 0 Å². The van der Waals surface area contributed by atoms with Crippen molar-refractivity contribution in [2.24, 2.45) is 5.92 Å². The second-order valence-electron chi connectivity index (χ2n) is 5.25. The van der Waals surface area contributed by atoms with Crippen molar-refractivity contribution in [2.75, 3.05) is 6.54 Å². The molecule has 1 fully saturated rings. The molecule has 2 unspecified atom stereocenters. The maximum atomic E-state index is 12.2. The zero-order valence-electron chi connectivity index (χ0n) is 11.1. The topological polar surface area (TPSA) is 54.9 Å². The van der Waals surface area contributed by atoms with Crippen LogP contribution < -0.4 is 5.32 Å². The molecule has 0 bridgehead atoms. The van der Waals surface area contributed by atoms with Crippen molar-refractivity contribution in [1.29, 1.82) is 0 Å². The standard InChI is InChI=1S/C15H16BrN3O/c16-12-3-1-10(7-12)9-19-15(20)11-2-4-13-14(8-11)18-6-5-17-13/h2,4-6,8,10,12H,1,3,7,9H2,(H,19,20). The van der Waals surface area contributed by atoms with Crippen LogP contribution in [0, 0.1) is 5.92 Å². The van der Waals surface area contributed by atoms with Crippen LogP contribution in [0.2, 0.25) is 0 Å². The summed E-state index contributed by atoms with van der Waals surface area (Å²) in [7, 11) is 0. The van der Waals surface area contributed by atoms with Gasteiger partial charge in [-0.05, 0) is 43.4 Å². The summed E-state index contributed by atoms with van der Waals surface area (Å²) in [5.74, 6) is 0.555. The van der Waals surface area contributed by atoms with Gasteiger partial charge in [0.2, 0.25) is 0 Å². The van der Waals surface area contributed by atoms with Gasteiger partial charge in [-0.2, -0.15) is 0 Å². The number of hydrogen-bond donors (Lipinski definition) is 1. The van der Waals surface area contributed by atoms with Gasteiger partial charge in [0.25, 0.3) is 5.91 Å². The van der Waals surface area contributed by atoms with Gasteiger partial charge in [0, 0.05) is 29.3 Å². The van der Waals surface area contributed by atoms with Crippen molar-refractivity contribution in [3.63, 3.8) is 0 Å². The van der Waals surface area contributed by atoms with Crippen LogP contribution in [0.4, 0.5) is 0 Å². The zero-order valence-corrected chi connectivity index (χ0v) is 12.6. The molecule has 0 spiro atoms. The first-order chi connectivity index (χ1) is 9.72. The summed E-state index contributed by atoms with van der Waals surface area (Å²) in [6, 6.07) is 5.43. The second kappa shape index (κ2) is 5.87. The van der Waals surface area contributed by atoms with Crippen LogP contribution in [0.3, 0.4) is 0 Å². The van der Waals surface area contributed by atoms with Crippen LogP contribution in [0.25, 0.3) is 11.0 Å². The number of benzene rings is 1. The molecule has 1 aliphatic carbocycles. The normalized spacial score (nSPS) is 22.1. The highest BCUT2D eigenvalue weighted by Crippen LogP contribution is 2.30. The fourth-order valence-electron chi connectivity index (χ4n) is 2.64. The van der Waals surface area contributed by atoms with Crippen molar-refractivity contribution in [3.8, 4) is 0 Å². The van der Waals surface area contributed by atoms with E-state index in [0.717, 1.165) is 24.0 Å². The maximum absolute atomic E-state index is 12.2. The molecule has 5 heteroatoms. The number of carbonyl (C=O) groups excluding carboxylic acids is 1. The van der Waals surface area contributed by atoms with Crippen LogP contribution in [0.1, 0.15) is 29.6 Å². The molecule has 2 atom stereocenters. The van der Waals surface area contributed by atoms with Crippen LogP contribution in [-0.2, 0) is 0 Å². The highest BCUT2D eigenvalue weighted by molar-refractivity contribution is 9.09. The average molecular weight is 334 g/mol. The Balaban J connectivity index is 1.66. The van der Waals surface area contributed by atoms with Crippen molar-refractivity contribution >= 4 is 32.9 Å². The molecule has 1 heterocycles. The number of alkyl halides is 1. The largest absolute Gasteiger partial charge is 0.352 e. The number of fused-ring (bicyclic) bond motifs is 1. The maximum Gasteiger partial charge on any atom is 0.251 e. The van der Waals surface area contributed by atoms with Gasteiger partial charge in [-0.1, -0.05) is 15.9 Å².